The Labute approximate surface area is 156 Å². The quantitative estimate of drug-likeness (QED) is 0.513. The molecule has 3 heteroatoms. The van der Waals surface area contributed by atoms with Gasteiger partial charge in [-0.3, -0.25) is 0 Å². The molecule has 0 aliphatic carbocycles. The van der Waals surface area contributed by atoms with Crippen LogP contribution >= 0.6 is 0 Å². The molecule has 0 amide bonds. The summed E-state index contributed by atoms with van der Waals surface area (Å²) in [4.78, 5) is 0. The van der Waals surface area contributed by atoms with Crippen molar-refractivity contribution in [3.05, 3.63) is 82.4 Å². The van der Waals surface area contributed by atoms with Crippen LogP contribution < -0.4 is 16.4 Å². The van der Waals surface area contributed by atoms with Gasteiger partial charge in [0.05, 0.1) is 0 Å². The van der Waals surface area contributed by atoms with Crippen LogP contribution in [0.5, 0.6) is 0 Å². The first kappa shape index (κ1) is 15.8. The van der Waals surface area contributed by atoms with Gasteiger partial charge in [-0.25, -0.2) is 0 Å². The van der Waals surface area contributed by atoms with Crippen LogP contribution in [-0.4, -0.2) is 0 Å². The molecule has 0 aliphatic rings. The molecule has 3 nitrogen and oxygen atoms in total. The monoisotopic (exact) mass is 353 g/mol. The molecule has 3 aromatic carbocycles. The Morgan fingerprint density at radius 2 is 1.56 bits per heavy atom. The van der Waals surface area contributed by atoms with Crippen LogP contribution in [0.15, 0.2) is 69.5 Å². The standard InChI is InChI=1S/C24H19NO2/c1-15-12-16(24-20(13-15)18-7-3-5-9-22(18)27-24)10-11-19-17-6-2-4-8-21(17)26-23(19)14-25/h2-9,11-14H,10,25H2,1H3/b19-11-,23-14+. The molecule has 2 heterocycles. The lowest BCUT2D eigenvalue weighted by molar-refractivity contribution is 0.574. The maximum atomic E-state index is 6.18. The van der Waals surface area contributed by atoms with Gasteiger partial charge in [-0.1, -0.05) is 48.5 Å². The second-order valence-electron chi connectivity index (χ2n) is 6.85. The maximum absolute atomic E-state index is 6.18. The molecule has 2 N–H and O–H groups in total. The number of aryl methyl sites for hydroxylation is 1. The molecule has 5 rings (SSSR count). The molecule has 0 atom stereocenters. The number of furan rings is 2. The maximum Gasteiger partial charge on any atom is 0.150 e. The second kappa shape index (κ2) is 6.06. The van der Waals surface area contributed by atoms with Crippen molar-refractivity contribution in [1.29, 1.82) is 0 Å². The molecular weight excluding hydrogens is 334 g/mol. The van der Waals surface area contributed by atoms with E-state index in [4.69, 9.17) is 14.6 Å². The third-order valence-corrected chi connectivity index (χ3v) is 5.04. The highest BCUT2D eigenvalue weighted by atomic mass is 16.3. The molecule has 27 heavy (non-hydrogen) atoms. The van der Waals surface area contributed by atoms with Crippen LogP contribution in [0.3, 0.4) is 0 Å². The van der Waals surface area contributed by atoms with Gasteiger partial charge >= 0.3 is 0 Å². The van der Waals surface area contributed by atoms with Gasteiger partial charge < -0.3 is 14.6 Å². The molecule has 0 saturated heterocycles. The molecule has 0 unspecified atom stereocenters. The number of para-hydroxylation sites is 2. The molecule has 0 aliphatic heterocycles. The predicted molar refractivity (Wildman–Crippen MR) is 111 cm³/mol. The fourth-order valence-corrected chi connectivity index (χ4v) is 3.84. The van der Waals surface area contributed by atoms with Crippen molar-refractivity contribution in [3.63, 3.8) is 0 Å². The normalized spacial score (nSPS) is 13.4. The summed E-state index contributed by atoms with van der Waals surface area (Å²) in [6.07, 6.45) is 4.44. The van der Waals surface area contributed by atoms with Crippen LogP contribution in [0.1, 0.15) is 11.1 Å². The summed E-state index contributed by atoms with van der Waals surface area (Å²) < 4.78 is 12.0. The van der Waals surface area contributed by atoms with E-state index in [-0.39, 0.29) is 0 Å². The van der Waals surface area contributed by atoms with Gasteiger partial charge in [0.25, 0.3) is 0 Å². The third kappa shape index (κ3) is 2.51. The summed E-state index contributed by atoms with van der Waals surface area (Å²) in [6.45, 7) is 2.12. The third-order valence-electron chi connectivity index (χ3n) is 5.04. The van der Waals surface area contributed by atoms with Gasteiger partial charge in [-0.05, 0) is 42.7 Å². The first-order valence-electron chi connectivity index (χ1n) is 9.05. The summed E-state index contributed by atoms with van der Waals surface area (Å²) in [5.74, 6) is 0. The summed E-state index contributed by atoms with van der Waals surface area (Å²) >= 11 is 0. The number of fused-ring (bicyclic) bond motifs is 4. The van der Waals surface area contributed by atoms with E-state index in [1.54, 1.807) is 0 Å². The molecule has 132 valence electrons. The van der Waals surface area contributed by atoms with Crippen molar-refractivity contribution in [3.8, 4) is 0 Å². The minimum atomic E-state index is 0.699. The SMILES string of the molecule is Cc1cc(C/C=c2\c(=C/N)oc3ccccc23)c2oc3ccccc3c2c1. The van der Waals surface area contributed by atoms with Gasteiger partial charge in [-0.15, -0.1) is 0 Å². The van der Waals surface area contributed by atoms with E-state index in [1.807, 2.05) is 36.4 Å². The lowest BCUT2D eigenvalue weighted by atomic mass is 10.0. The van der Waals surface area contributed by atoms with E-state index in [0.29, 0.717) is 5.42 Å². The van der Waals surface area contributed by atoms with Crippen molar-refractivity contribution < 1.29 is 8.83 Å². The van der Waals surface area contributed by atoms with Crippen LogP contribution in [0.2, 0.25) is 0 Å². The van der Waals surface area contributed by atoms with Crippen molar-refractivity contribution in [2.24, 2.45) is 5.73 Å². The van der Waals surface area contributed by atoms with Gasteiger partial charge in [0, 0.05) is 27.6 Å². The van der Waals surface area contributed by atoms with Crippen molar-refractivity contribution >= 4 is 45.2 Å². The largest absolute Gasteiger partial charge is 0.456 e. The zero-order valence-corrected chi connectivity index (χ0v) is 15.0. The Balaban J connectivity index is 1.73. The van der Waals surface area contributed by atoms with Crippen molar-refractivity contribution in [1.82, 2.24) is 0 Å². The number of hydrogen-bond acceptors (Lipinski definition) is 3. The number of benzene rings is 3. The molecule has 0 saturated carbocycles. The zero-order chi connectivity index (χ0) is 18.4. The highest BCUT2D eigenvalue weighted by molar-refractivity contribution is 6.06. The van der Waals surface area contributed by atoms with Gasteiger partial charge in [0.15, 0.2) is 5.42 Å². The van der Waals surface area contributed by atoms with Crippen LogP contribution in [0, 0.1) is 6.92 Å². The molecule has 0 spiro atoms. The van der Waals surface area contributed by atoms with Crippen LogP contribution in [0.25, 0.3) is 45.2 Å². The fourth-order valence-electron chi connectivity index (χ4n) is 3.84. The summed E-state index contributed by atoms with van der Waals surface area (Å²) in [5.41, 5.74) is 11.6. The average Bonchev–Trinajstić information content (AvgIpc) is 3.24. The Kier molecular flexibility index (Phi) is 3.54. The molecule has 0 radical (unpaired) electrons. The van der Waals surface area contributed by atoms with E-state index >= 15 is 0 Å². The van der Waals surface area contributed by atoms with Gasteiger partial charge in [0.1, 0.15) is 16.7 Å². The summed E-state index contributed by atoms with van der Waals surface area (Å²) in [5, 5.41) is 4.42. The lowest BCUT2D eigenvalue weighted by Crippen LogP contribution is -2.22. The van der Waals surface area contributed by atoms with Crippen LogP contribution in [-0.2, 0) is 6.42 Å². The van der Waals surface area contributed by atoms with Gasteiger partial charge in [-0.2, -0.15) is 0 Å². The van der Waals surface area contributed by atoms with E-state index in [1.165, 1.54) is 11.8 Å². The van der Waals surface area contributed by atoms with E-state index in [0.717, 1.165) is 50.1 Å². The Bertz CT molecular complexity index is 1420. The highest BCUT2D eigenvalue weighted by Crippen LogP contribution is 2.32. The Morgan fingerprint density at radius 1 is 0.852 bits per heavy atom. The number of nitrogens with two attached hydrogens (primary N) is 1. The molecule has 2 aromatic heterocycles. The Morgan fingerprint density at radius 3 is 2.33 bits per heavy atom. The fraction of sp³-hybridized carbons (Fsp3) is 0.0833. The summed E-state index contributed by atoms with van der Waals surface area (Å²) in [7, 11) is 0. The van der Waals surface area contributed by atoms with Crippen LogP contribution in [0.4, 0.5) is 0 Å². The van der Waals surface area contributed by atoms with Crippen molar-refractivity contribution in [2.45, 2.75) is 13.3 Å². The number of rotatable bonds is 2. The zero-order valence-electron chi connectivity index (χ0n) is 15.0. The minimum Gasteiger partial charge on any atom is -0.456 e. The minimum absolute atomic E-state index is 0.699. The predicted octanol–water partition coefficient (Wildman–Crippen LogP) is 4.36. The highest BCUT2D eigenvalue weighted by Gasteiger charge is 2.11. The lowest BCUT2D eigenvalue weighted by Gasteiger charge is -2.01. The molecule has 5 aromatic rings. The second-order valence-corrected chi connectivity index (χ2v) is 6.85. The molecule has 0 fully saturated rings. The molecular formula is C24H19NO2. The summed E-state index contributed by atoms with van der Waals surface area (Å²) in [6, 6.07) is 20.6. The van der Waals surface area contributed by atoms with Gasteiger partial charge in [0.2, 0.25) is 0 Å². The Hall–Kier alpha value is -3.46. The van der Waals surface area contributed by atoms with Crippen molar-refractivity contribution in [2.75, 3.05) is 0 Å². The first-order valence-corrected chi connectivity index (χ1v) is 9.05. The topological polar surface area (TPSA) is 52.3 Å². The average molecular weight is 353 g/mol. The molecule has 0 bridgehead atoms. The smallest absolute Gasteiger partial charge is 0.150 e. The van der Waals surface area contributed by atoms with E-state index in [9.17, 15) is 0 Å². The number of hydrogen-bond donors (Lipinski definition) is 1. The van der Waals surface area contributed by atoms with E-state index in [2.05, 4.69) is 37.3 Å². The first-order chi connectivity index (χ1) is 13.2. The van der Waals surface area contributed by atoms with E-state index < -0.39 is 0 Å².